The zero-order chi connectivity index (χ0) is 15.9. The zero-order valence-corrected chi connectivity index (χ0v) is 13.5. The standard InChI is InChI=1S/C17H26N2O2/c1-13(20)18-11-12-19-16(21)10-7-14-5-8-15(9-6-14)17(2,3)4/h5-6,8-9H,7,10-12H2,1-4H3,(H,18,20)(H,19,21). The van der Waals surface area contributed by atoms with Crippen LogP contribution >= 0.6 is 0 Å². The molecule has 0 saturated carbocycles. The molecule has 0 aromatic heterocycles. The molecular formula is C17H26N2O2. The third-order valence-electron chi connectivity index (χ3n) is 3.28. The molecule has 0 heterocycles. The maximum Gasteiger partial charge on any atom is 0.220 e. The third-order valence-corrected chi connectivity index (χ3v) is 3.28. The van der Waals surface area contributed by atoms with Gasteiger partial charge in [0.25, 0.3) is 0 Å². The first kappa shape index (κ1) is 17.2. The number of hydrogen-bond acceptors (Lipinski definition) is 2. The third kappa shape index (κ3) is 6.93. The Morgan fingerprint density at radius 3 is 2.10 bits per heavy atom. The molecule has 0 aliphatic carbocycles. The molecule has 0 spiro atoms. The Hall–Kier alpha value is -1.84. The lowest BCUT2D eigenvalue weighted by Crippen LogP contribution is -2.33. The first-order valence-corrected chi connectivity index (χ1v) is 7.39. The lowest BCUT2D eigenvalue weighted by Gasteiger charge is -2.19. The quantitative estimate of drug-likeness (QED) is 0.789. The van der Waals surface area contributed by atoms with Crippen molar-refractivity contribution in [2.75, 3.05) is 13.1 Å². The summed E-state index contributed by atoms with van der Waals surface area (Å²) in [6, 6.07) is 8.43. The van der Waals surface area contributed by atoms with Crippen molar-refractivity contribution in [1.82, 2.24) is 10.6 Å². The average molecular weight is 290 g/mol. The van der Waals surface area contributed by atoms with Crippen LogP contribution in [-0.2, 0) is 21.4 Å². The largest absolute Gasteiger partial charge is 0.355 e. The van der Waals surface area contributed by atoms with Crippen LogP contribution < -0.4 is 10.6 Å². The van der Waals surface area contributed by atoms with E-state index in [4.69, 9.17) is 0 Å². The Balaban J connectivity index is 2.31. The van der Waals surface area contributed by atoms with E-state index in [-0.39, 0.29) is 17.2 Å². The number of nitrogens with one attached hydrogen (secondary N) is 2. The summed E-state index contributed by atoms with van der Waals surface area (Å²) in [5.41, 5.74) is 2.62. The molecule has 116 valence electrons. The van der Waals surface area contributed by atoms with Crippen LogP contribution in [0.15, 0.2) is 24.3 Å². The first-order chi connectivity index (χ1) is 9.79. The number of rotatable bonds is 6. The fourth-order valence-corrected chi connectivity index (χ4v) is 1.96. The molecule has 2 N–H and O–H groups in total. The highest BCUT2D eigenvalue weighted by Crippen LogP contribution is 2.22. The predicted octanol–water partition coefficient (Wildman–Crippen LogP) is 2.17. The number of carbonyl (C=O) groups excluding carboxylic acids is 2. The van der Waals surface area contributed by atoms with Gasteiger partial charge in [-0.15, -0.1) is 0 Å². The van der Waals surface area contributed by atoms with E-state index < -0.39 is 0 Å². The highest BCUT2D eigenvalue weighted by atomic mass is 16.2. The van der Waals surface area contributed by atoms with Crippen molar-refractivity contribution in [1.29, 1.82) is 0 Å². The summed E-state index contributed by atoms with van der Waals surface area (Å²) in [5, 5.41) is 5.43. The van der Waals surface area contributed by atoms with Gasteiger partial charge < -0.3 is 10.6 Å². The average Bonchev–Trinajstić information content (AvgIpc) is 2.40. The second-order valence-corrected chi connectivity index (χ2v) is 6.28. The highest BCUT2D eigenvalue weighted by molar-refractivity contribution is 5.76. The van der Waals surface area contributed by atoms with Gasteiger partial charge in [-0.2, -0.15) is 0 Å². The smallest absolute Gasteiger partial charge is 0.220 e. The van der Waals surface area contributed by atoms with Crippen LogP contribution in [0.25, 0.3) is 0 Å². The summed E-state index contributed by atoms with van der Waals surface area (Å²) in [7, 11) is 0. The Labute approximate surface area is 127 Å². The molecule has 1 aromatic rings. The number of carbonyl (C=O) groups is 2. The zero-order valence-electron chi connectivity index (χ0n) is 13.5. The van der Waals surface area contributed by atoms with Crippen LogP contribution in [-0.4, -0.2) is 24.9 Å². The molecule has 1 rings (SSSR count). The van der Waals surface area contributed by atoms with Crippen molar-refractivity contribution >= 4 is 11.8 Å². The topological polar surface area (TPSA) is 58.2 Å². The lowest BCUT2D eigenvalue weighted by molar-refractivity contribution is -0.122. The Kier molecular flexibility index (Phi) is 6.40. The molecule has 0 unspecified atom stereocenters. The van der Waals surface area contributed by atoms with E-state index in [2.05, 4.69) is 55.7 Å². The summed E-state index contributed by atoms with van der Waals surface area (Å²) in [6.45, 7) is 8.96. The van der Waals surface area contributed by atoms with Gasteiger partial charge in [0.15, 0.2) is 0 Å². The minimum absolute atomic E-state index is 0.0141. The molecule has 0 bridgehead atoms. The molecule has 21 heavy (non-hydrogen) atoms. The van der Waals surface area contributed by atoms with Gasteiger partial charge in [0.05, 0.1) is 0 Å². The molecule has 0 atom stereocenters. The van der Waals surface area contributed by atoms with Gasteiger partial charge >= 0.3 is 0 Å². The van der Waals surface area contributed by atoms with Crippen LogP contribution in [0.1, 0.15) is 45.2 Å². The van der Waals surface area contributed by atoms with E-state index in [1.807, 2.05) is 0 Å². The Bertz CT molecular complexity index is 473. The van der Waals surface area contributed by atoms with Gasteiger partial charge in [-0.05, 0) is 23.0 Å². The van der Waals surface area contributed by atoms with E-state index in [9.17, 15) is 9.59 Å². The van der Waals surface area contributed by atoms with Gasteiger partial charge in [0.1, 0.15) is 0 Å². The second-order valence-electron chi connectivity index (χ2n) is 6.28. The number of amides is 2. The van der Waals surface area contributed by atoms with Crippen molar-refractivity contribution < 1.29 is 9.59 Å². The van der Waals surface area contributed by atoms with Gasteiger partial charge in [-0.25, -0.2) is 0 Å². The van der Waals surface area contributed by atoms with E-state index >= 15 is 0 Å². The van der Waals surface area contributed by atoms with Gasteiger partial charge in [0, 0.05) is 26.4 Å². The van der Waals surface area contributed by atoms with Crippen LogP contribution in [0.2, 0.25) is 0 Å². The van der Waals surface area contributed by atoms with E-state index in [0.29, 0.717) is 19.5 Å². The molecule has 0 radical (unpaired) electrons. The van der Waals surface area contributed by atoms with E-state index in [1.54, 1.807) is 0 Å². The predicted molar refractivity (Wildman–Crippen MR) is 85.2 cm³/mol. The normalized spacial score (nSPS) is 11.0. The van der Waals surface area contributed by atoms with Crippen LogP contribution in [0.5, 0.6) is 0 Å². The van der Waals surface area contributed by atoms with Crippen molar-refractivity contribution in [2.45, 2.75) is 46.0 Å². The maximum absolute atomic E-state index is 11.7. The number of hydrogen-bond donors (Lipinski definition) is 2. The molecule has 0 saturated heterocycles. The van der Waals surface area contributed by atoms with Crippen LogP contribution in [0.4, 0.5) is 0 Å². The van der Waals surface area contributed by atoms with Crippen LogP contribution in [0, 0.1) is 0 Å². The van der Waals surface area contributed by atoms with Gasteiger partial charge in [-0.1, -0.05) is 45.0 Å². The number of benzene rings is 1. The summed E-state index contributed by atoms with van der Waals surface area (Å²) in [4.78, 5) is 22.3. The summed E-state index contributed by atoms with van der Waals surface area (Å²) in [5.74, 6) is -0.0663. The number of aryl methyl sites for hydroxylation is 1. The summed E-state index contributed by atoms with van der Waals surface area (Å²) in [6.07, 6.45) is 1.20. The monoisotopic (exact) mass is 290 g/mol. The van der Waals surface area contributed by atoms with Crippen molar-refractivity contribution in [3.8, 4) is 0 Å². The minimum atomic E-state index is -0.0804. The van der Waals surface area contributed by atoms with Crippen molar-refractivity contribution in [3.63, 3.8) is 0 Å². The molecule has 1 aromatic carbocycles. The maximum atomic E-state index is 11.7. The molecule has 2 amide bonds. The Morgan fingerprint density at radius 2 is 1.57 bits per heavy atom. The van der Waals surface area contributed by atoms with Crippen molar-refractivity contribution in [3.05, 3.63) is 35.4 Å². The SMILES string of the molecule is CC(=O)NCCNC(=O)CCc1ccc(C(C)(C)C)cc1. The minimum Gasteiger partial charge on any atom is -0.355 e. The molecular weight excluding hydrogens is 264 g/mol. The molecule has 0 aliphatic heterocycles. The van der Waals surface area contributed by atoms with E-state index in [1.165, 1.54) is 18.1 Å². The van der Waals surface area contributed by atoms with Crippen LogP contribution in [0.3, 0.4) is 0 Å². The highest BCUT2D eigenvalue weighted by Gasteiger charge is 2.12. The Morgan fingerprint density at radius 1 is 1.00 bits per heavy atom. The summed E-state index contributed by atoms with van der Waals surface area (Å²) >= 11 is 0. The first-order valence-electron chi connectivity index (χ1n) is 7.39. The van der Waals surface area contributed by atoms with Crippen molar-refractivity contribution in [2.24, 2.45) is 0 Å². The second kappa shape index (κ2) is 7.81. The molecule has 4 nitrogen and oxygen atoms in total. The van der Waals surface area contributed by atoms with E-state index in [0.717, 1.165) is 6.42 Å². The molecule has 0 fully saturated rings. The fourth-order valence-electron chi connectivity index (χ4n) is 1.96. The van der Waals surface area contributed by atoms with Gasteiger partial charge in [-0.3, -0.25) is 9.59 Å². The fraction of sp³-hybridized carbons (Fsp3) is 0.529. The van der Waals surface area contributed by atoms with Gasteiger partial charge in [0.2, 0.25) is 11.8 Å². The summed E-state index contributed by atoms with van der Waals surface area (Å²) < 4.78 is 0. The molecule has 0 aliphatic rings. The lowest BCUT2D eigenvalue weighted by atomic mass is 9.86. The molecule has 4 heteroatoms.